The molecule has 0 spiro atoms. The van der Waals surface area contributed by atoms with Gasteiger partial charge in [-0.1, -0.05) is 22.9 Å². The zero-order valence-corrected chi connectivity index (χ0v) is 14.7. The minimum Gasteiger partial charge on any atom is -0.497 e. The molecule has 2 heterocycles. The molecular weight excluding hydrogens is 362 g/mol. The van der Waals surface area contributed by atoms with Crippen molar-refractivity contribution in [1.82, 2.24) is 15.4 Å². The summed E-state index contributed by atoms with van der Waals surface area (Å²) in [6.45, 7) is 0. The molecule has 7 nitrogen and oxygen atoms in total. The number of hydrazone groups is 1. The van der Waals surface area contributed by atoms with Crippen LogP contribution in [0.4, 0.5) is 10.8 Å². The van der Waals surface area contributed by atoms with Crippen LogP contribution >= 0.6 is 22.9 Å². The van der Waals surface area contributed by atoms with Crippen molar-refractivity contribution in [2.45, 2.75) is 0 Å². The summed E-state index contributed by atoms with van der Waals surface area (Å²) in [4.78, 5) is 19.4. The summed E-state index contributed by atoms with van der Waals surface area (Å²) in [6.07, 6.45) is 3.12. The number of halogens is 1. The van der Waals surface area contributed by atoms with Crippen molar-refractivity contribution in [2.24, 2.45) is 5.10 Å². The Balaban J connectivity index is 1.63. The maximum atomic E-state index is 11.8. The van der Waals surface area contributed by atoms with E-state index in [0.717, 1.165) is 11.4 Å². The number of thiazole rings is 1. The molecule has 0 aliphatic carbocycles. The first-order valence-corrected chi connectivity index (χ1v) is 8.39. The van der Waals surface area contributed by atoms with Crippen LogP contribution in [0.5, 0.6) is 5.75 Å². The highest BCUT2D eigenvalue weighted by Crippen LogP contribution is 2.28. The summed E-state index contributed by atoms with van der Waals surface area (Å²) in [5.74, 6) is 0.437. The first kappa shape index (κ1) is 17.0. The average molecular weight is 376 g/mol. The van der Waals surface area contributed by atoms with Crippen molar-refractivity contribution in [2.75, 3.05) is 12.4 Å². The van der Waals surface area contributed by atoms with Crippen molar-refractivity contribution in [1.29, 1.82) is 0 Å². The quantitative estimate of drug-likeness (QED) is 0.453. The van der Waals surface area contributed by atoms with Crippen LogP contribution in [-0.4, -0.2) is 29.2 Å². The first-order valence-electron chi connectivity index (χ1n) is 7.20. The second-order valence-corrected chi connectivity index (χ2v) is 6.20. The minimum atomic E-state index is -0.335. The fourth-order valence-corrected chi connectivity index (χ4v) is 2.97. The van der Waals surface area contributed by atoms with Gasteiger partial charge in [-0.25, -0.2) is 10.4 Å². The third-order valence-corrected chi connectivity index (χ3v) is 4.45. The topological polar surface area (TPSA) is 91.4 Å². The molecule has 0 bridgehead atoms. The third-order valence-electron chi connectivity index (χ3n) is 3.14. The predicted octanol–water partition coefficient (Wildman–Crippen LogP) is 3.64. The highest BCUT2D eigenvalue weighted by molar-refractivity contribution is 7.17. The van der Waals surface area contributed by atoms with Crippen molar-refractivity contribution < 1.29 is 9.53 Å². The fourth-order valence-electron chi connectivity index (χ4n) is 1.93. The predicted molar refractivity (Wildman–Crippen MR) is 99.3 cm³/mol. The Labute approximate surface area is 152 Å². The normalized spacial score (nSPS) is 10.8. The summed E-state index contributed by atoms with van der Waals surface area (Å²) in [5.41, 5.74) is 3.70. The molecule has 3 N–H and O–H groups in total. The van der Waals surface area contributed by atoms with E-state index < -0.39 is 0 Å². The van der Waals surface area contributed by atoms with Gasteiger partial charge in [0.15, 0.2) is 10.3 Å². The molecule has 0 aliphatic heterocycles. The van der Waals surface area contributed by atoms with Gasteiger partial charge in [0.05, 0.1) is 18.2 Å². The molecule has 2 aromatic heterocycles. The Morgan fingerprint density at radius 2 is 2.16 bits per heavy atom. The minimum absolute atomic E-state index is 0.305. The van der Waals surface area contributed by atoms with Gasteiger partial charge in [0.25, 0.3) is 5.91 Å². The van der Waals surface area contributed by atoms with Crippen molar-refractivity contribution in [3.8, 4) is 5.75 Å². The third kappa shape index (κ3) is 4.37. The zero-order valence-electron chi connectivity index (χ0n) is 13.1. The number of carbonyl (C=O) groups is 1. The van der Waals surface area contributed by atoms with E-state index in [2.05, 4.69) is 25.8 Å². The van der Waals surface area contributed by atoms with Crippen LogP contribution in [0.15, 0.2) is 47.7 Å². The lowest BCUT2D eigenvalue weighted by atomic mass is 10.3. The molecule has 0 radical (unpaired) electrons. The fraction of sp³-hybridized carbons (Fsp3) is 0.0625. The van der Waals surface area contributed by atoms with Crippen molar-refractivity contribution >= 4 is 45.9 Å². The van der Waals surface area contributed by atoms with Crippen LogP contribution in [0.2, 0.25) is 5.15 Å². The Bertz CT molecular complexity index is 875. The summed E-state index contributed by atoms with van der Waals surface area (Å²) in [7, 11) is 1.61. The van der Waals surface area contributed by atoms with Gasteiger partial charge in [0.2, 0.25) is 0 Å². The number of nitrogens with one attached hydrogen (secondary N) is 3. The lowest BCUT2D eigenvalue weighted by molar-refractivity contribution is 0.0951. The molecule has 3 rings (SSSR count). The van der Waals surface area contributed by atoms with E-state index in [0.29, 0.717) is 20.9 Å². The Hall–Kier alpha value is -2.84. The molecular formula is C16H14ClN5O2S. The van der Waals surface area contributed by atoms with Crippen molar-refractivity contribution in [3.63, 3.8) is 0 Å². The number of hydrogen-bond acceptors (Lipinski definition) is 6. The van der Waals surface area contributed by atoms with E-state index >= 15 is 0 Å². The van der Waals surface area contributed by atoms with Gasteiger partial charge in [-0.15, -0.1) is 0 Å². The van der Waals surface area contributed by atoms with Gasteiger partial charge in [0.1, 0.15) is 11.4 Å². The van der Waals surface area contributed by atoms with Gasteiger partial charge in [-0.2, -0.15) is 5.10 Å². The summed E-state index contributed by atoms with van der Waals surface area (Å²) >= 11 is 7.42. The molecule has 25 heavy (non-hydrogen) atoms. The molecule has 0 unspecified atom stereocenters. The molecule has 1 amide bonds. The van der Waals surface area contributed by atoms with Crippen LogP contribution in [0.3, 0.4) is 0 Å². The number of benzene rings is 1. The Morgan fingerprint density at radius 3 is 2.84 bits per heavy atom. The van der Waals surface area contributed by atoms with Crippen LogP contribution in [-0.2, 0) is 0 Å². The van der Waals surface area contributed by atoms with Crippen LogP contribution in [0.25, 0.3) is 0 Å². The first-order chi connectivity index (χ1) is 12.2. The molecule has 0 atom stereocenters. The SMILES string of the molecule is COc1ccc(Nc2nc(Cl)c(/C=N/NC(=O)c3ccc[nH]3)s2)cc1. The van der Waals surface area contributed by atoms with Gasteiger partial charge in [0, 0.05) is 11.9 Å². The number of hydrogen-bond donors (Lipinski definition) is 3. The molecule has 9 heteroatoms. The van der Waals surface area contributed by atoms with Crippen LogP contribution in [0, 0.1) is 0 Å². The van der Waals surface area contributed by atoms with E-state index in [1.54, 1.807) is 25.4 Å². The van der Waals surface area contributed by atoms with E-state index in [-0.39, 0.29) is 5.91 Å². The van der Waals surface area contributed by atoms with Crippen molar-refractivity contribution in [3.05, 3.63) is 58.3 Å². The molecule has 0 saturated heterocycles. The summed E-state index contributed by atoms with van der Waals surface area (Å²) < 4.78 is 5.12. The summed E-state index contributed by atoms with van der Waals surface area (Å²) in [6, 6.07) is 10.8. The summed E-state index contributed by atoms with van der Waals surface area (Å²) in [5, 5.41) is 7.97. The average Bonchev–Trinajstić information content (AvgIpc) is 3.26. The number of rotatable bonds is 6. The molecule has 128 valence electrons. The number of nitrogens with zero attached hydrogens (tertiary/aromatic N) is 2. The number of aromatic nitrogens is 2. The highest BCUT2D eigenvalue weighted by Gasteiger charge is 2.09. The largest absolute Gasteiger partial charge is 0.497 e. The van der Waals surface area contributed by atoms with Gasteiger partial charge < -0.3 is 15.0 Å². The molecule has 0 saturated carbocycles. The lowest BCUT2D eigenvalue weighted by Gasteiger charge is -2.03. The van der Waals surface area contributed by atoms with Gasteiger partial charge in [-0.05, 0) is 36.4 Å². The smallest absolute Gasteiger partial charge is 0.287 e. The molecule has 0 fully saturated rings. The van der Waals surface area contributed by atoms with E-state index in [4.69, 9.17) is 16.3 Å². The lowest BCUT2D eigenvalue weighted by Crippen LogP contribution is -2.17. The Kier molecular flexibility index (Phi) is 5.32. The Morgan fingerprint density at radius 1 is 1.36 bits per heavy atom. The number of amides is 1. The van der Waals surface area contributed by atoms with Gasteiger partial charge >= 0.3 is 0 Å². The maximum absolute atomic E-state index is 11.8. The number of methoxy groups -OCH3 is 1. The number of carbonyl (C=O) groups excluding carboxylic acids is 1. The van der Waals surface area contributed by atoms with E-state index in [9.17, 15) is 4.79 Å². The number of anilines is 2. The highest BCUT2D eigenvalue weighted by atomic mass is 35.5. The molecule has 0 aliphatic rings. The molecule has 3 aromatic rings. The van der Waals surface area contributed by atoms with E-state index in [1.165, 1.54) is 17.6 Å². The second-order valence-electron chi connectivity index (χ2n) is 4.81. The second kappa shape index (κ2) is 7.82. The zero-order chi connectivity index (χ0) is 17.6. The number of aromatic amines is 1. The monoisotopic (exact) mass is 375 g/mol. The van der Waals surface area contributed by atoms with Gasteiger partial charge in [-0.3, -0.25) is 4.79 Å². The number of ether oxygens (including phenoxy) is 1. The van der Waals surface area contributed by atoms with Crippen LogP contribution < -0.4 is 15.5 Å². The standard InChI is InChI=1S/C16H14ClN5O2S/c1-24-11-6-4-10(5-7-11)20-16-21-14(17)13(25-16)9-19-22-15(23)12-3-2-8-18-12/h2-9,18H,1H3,(H,20,21)(H,22,23)/b19-9+. The van der Waals surface area contributed by atoms with Crippen LogP contribution in [0.1, 0.15) is 15.4 Å². The number of H-pyrrole nitrogens is 1. The van der Waals surface area contributed by atoms with E-state index in [1.807, 2.05) is 24.3 Å². The molecule has 1 aromatic carbocycles. The maximum Gasteiger partial charge on any atom is 0.287 e.